The van der Waals surface area contributed by atoms with Gasteiger partial charge in [0.15, 0.2) is 0 Å². The van der Waals surface area contributed by atoms with Crippen LogP contribution in [0.2, 0.25) is 0 Å². The van der Waals surface area contributed by atoms with Crippen molar-refractivity contribution < 1.29 is 13.2 Å². The van der Waals surface area contributed by atoms with E-state index in [-0.39, 0.29) is 18.9 Å². The number of amides is 1. The second-order valence-electron chi connectivity index (χ2n) is 8.09. The highest BCUT2D eigenvalue weighted by molar-refractivity contribution is 7.89. The van der Waals surface area contributed by atoms with Crippen LogP contribution in [0.1, 0.15) is 17.5 Å². The summed E-state index contributed by atoms with van der Waals surface area (Å²) in [5.74, 6) is 0.858. The Morgan fingerprint density at radius 1 is 1.09 bits per heavy atom. The van der Waals surface area contributed by atoms with Crippen molar-refractivity contribution in [1.29, 1.82) is 0 Å². The minimum Gasteiger partial charge on any atom is -0.368 e. The Bertz CT molecular complexity index is 1270. The number of carbonyl (C=O) groups excluding carboxylic acids is 1. The van der Waals surface area contributed by atoms with Crippen molar-refractivity contribution in [2.75, 3.05) is 40.3 Å². The number of benzene rings is 2. The van der Waals surface area contributed by atoms with Gasteiger partial charge in [-0.25, -0.2) is 12.7 Å². The molecule has 0 saturated carbocycles. The van der Waals surface area contributed by atoms with Crippen LogP contribution < -0.4 is 5.32 Å². The first-order chi connectivity index (χ1) is 15.9. The molecule has 2 heterocycles. The first-order valence-electron chi connectivity index (χ1n) is 10.9. The van der Waals surface area contributed by atoms with Crippen molar-refractivity contribution in [2.45, 2.75) is 17.7 Å². The van der Waals surface area contributed by atoms with E-state index in [1.165, 1.54) is 22.7 Å². The van der Waals surface area contributed by atoms with Gasteiger partial charge < -0.3 is 10.2 Å². The number of rotatable bonds is 9. The number of likely N-dealkylation sites (N-methyl/N-ethyl adjacent to an activating group) is 1. The molecular weight excluding hydrogens is 456 g/mol. The number of aliphatic imine (C=N–C) groups is 1. The van der Waals surface area contributed by atoms with Crippen LogP contribution >= 0.6 is 11.3 Å². The van der Waals surface area contributed by atoms with Gasteiger partial charge >= 0.3 is 0 Å². The van der Waals surface area contributed by atoms with E-state index in [1.807, 2.05) is 36.4 Å². The molecule has 1 N–H and O–H groups in total. The van der Waals surface area contributed by atoms with Crippen LogP contribution in [0.15, 0.2) is 63.8 Å². The van der Waals surface area contributed by atoms with Gasteiger partial charge in [0.25, 0.3) is 0 Å². The van der Waals surface area contributed by atoms with Crippen LogP contribution in [0.25, 0.3) is 10.1 Å². The average Bonchev–Trinajstić information content (AvgIpc) is 3.51. The van der Waals surface area contributed by atoms with Gasteiger partial charge in [-0.1, -0.05) is 42.5 Å². The van der Waals surface area contributed by atoms with Gasteiger partial charge in [0.2, 0.25) is 15.9 Å². The quantitative estimate of drug-likeness (QED) is 0.506. The Morgan fingerprint density at radius 3 is 2.58 bits per heavy atom. The van der Waals surface area contributed by atoms with E-state index >= 15 is 0 Å². The van der Waals surface area contributed by atoms with E-state index in [1.54, 1.807) is 17.3 Å². The second kappa shape index (κ2) is 10.0. The zero-order chi connectivity index (χ0) is 23.4. The minimum atomic E-state index is -3.65. The standard InChI is InChI=1S/C24H28N4O3S2/c1-27(15-11-18-7-9-19(10-8-18)24-25-13-14-26-24)23(29)12-16-28(2)33(30,31)22-17-32-21-6-4-3-5-20(21)22/h3-10,17H,11-16H2,1-2H3,(H,25,26). The zero-order valence-corrected chi connectivity index (χ0v) is 20.5. The van der Waals surface area contributed by atoms with Gasteiger partial charge in [0, 0.05) is 61.2 Å². The molecule has 1 amide bonds. The monoisotopic (exact) mass is 484 g/mol. The molecule has 1 aliphatic heterocycles. The maximum atomic E-state index is 13.0. The average molecular weight is 485 g/mol. The molecule has 0 atom stereocenters. The molecule has 0 spiro atoms. The van der Waals surface area contributed by atoms with E-state index in [0.29, 0.717) is 11.4 Å². The molecule has 0 aliphatic carbocycles. The highest BCUT2D eigenvalue weighted by Gasteiger charge is 2.25. The van der Waals surface area contributed by atoms with Gasteiger partial charge in [0.1, 0.15) is 10.7 Å². The second-order valence-corrected chi connectivity index (χ2v) is 11.0. The molecule has 0 unspecified atom stereocenters. The molecule has 0 fully saturated rings. The van der Waals surface area contributed by atoms with Crippen LogP contribution in [-0.2, 0) is 21.2 Å². The Balaban J connectivity index is 1.29. The van der Waals surface area contributed by atoms with Crippen molar-refractivity contribution in [3.05, 3.63) is 65.0 Å². The van der Waals surface area contributed by atoms with Crippen molar-refractivity contribution in [3.8, 4) is 0 Å². The van der Waals surface area contributed by atoms with Crippen LogP contribution in [0.3, 0.4) is 0 Å². The van der Waals surface area contributed by atoms with Gasteiger partial charge in [-0.2, -0.15) is 0 Å². The minimum absolute atomic E-state index is 0.0756. The van der Waals surface area contributed by atoms with E-state index in [2.05, 4.69) is 22.4 Å². The smallest absolute Gasteiger partial charge is 0.244 e. The summed E-state index contributed by atoms with van der Waals surface area (Å²) in [5, 5.41) is 5.65. The topological polar surface area (TPSA) is 82.1 Å². The lowest BCUT2D eigenvalue weighted by Crippen LogP contribution is -2.34. The van der Waals surface area contributed by atoms with Crippen LogP contribution in [0.5, 0.6) is 0 Å². The number of hydrogen-bond acceptors (Lipinski definition) is 6. The highest BCUT2D eigenvalue weighted by atomic mass is 32.2. The van der Waals surface area contributed by atoms with E-state index in [0.717, 1.165) is 46.6 Å². The maximum Gasteiger partial charge on any atom is 0.244 e. The van der Waals surface area contributed by atoms with Crippen LogP contribution in [0.4, 0.5) is 0 Å². The first kappa shape index (κ1) is 23.4. The Morgan fingerprint density at radius 2 is 1.85 bits per heavy atom. The third kappa shape index (κ3) is 5.26. The third-order valence-electron chi connectivity index (χ3n) is 5.84. The number of amidine groups is 1. The van der Waals surface area contributed by atoms with Gasteiger partial charge in [-0.05, 0) is 18.1 Å². The van der Waals surface area contributed by atoms with Crippen molar-refractivity contribution in [3.63, 3.8) is 0 Å². The SMILES string of the molecule is CN(CCc1ccc(C2=NCCN2)cc1)C(=O)CCN(C)S(=O)(=O)c1csc2ccccc12. The lowest BCUT2D eigenvalue weighted by molar-refractivity contribution is -0.129. The zero-order valence-electron chi connectivity index (χ0n) is 18.8. The molecule has 33 heavy (non-hydrogen) atoms. The van der Waals surface area contributed by atoms with E-state index in [9.17, 15) is 13.2 Å². The normalized spacial score (nSPS) is 13.8. The molecule has 2 aromatic carbocycles. The molecular formula is C24H28N4O3S2. The van der Waals surface area contributed by atoms with Gasteiger partial charge in [0.05, 0.1) is 6.54 Å². The largest absolute Gasteiger partial charge is 0.368 e. The Labute approximate surface area is 198 Å². The first-order valence-corrected chi connectivity index (χ1v) is 13.2. The molecule has 1 aromatic heterocycles. The van der Waals surface area contributed by atoms with Crippen molar-refractivity contribution in [1.82, 2.24) is 14.5 Å². The van der Waals surface area contributed by atoms with E-state index < -0.39 is 10.0 Å². The summed E-state index contributed by atoms with van der Waals surface area (Å²) in [5.41, 5.74) is 2.21. The Hall–Kier alpha value is -2.75. The number of carbonyl (C=O) groups is 1. The summed E-state index contributed by atoms with van der Waals surface area (Å²) in [6.07, 6.45) is 0.871. The predicted octanol–water partition coefficient (Wildman–Crippen LogP) is 2.96. The highest BCUT2D eigenvalue weighted by Crippen LogP contribution is 2.30. The van der Waals surface area contributed by atoms with Crippen LogP contribution in [0, 0.1) is 0 Å². The number of fused-ring (bicyclic) bond motifs is 1. The molecule has 0 radical (unpaired) electrons. The van der Waals surface area contributed by atoms with Gasteiger partial charge in [-0.15, -0.1) is 11.3 Å². The lowest BCUT2D eigenvalue weighted by Gasteiger charge is -2.20. The number of thiophene rings is 1. The summed E-state index contributed by atoms with van der Waals surface area (Å²) in [6.45, 7) is 2.40. The van der Waals surface area contributed by atoms with Crippen molar-refractivity contribution in [2.24, 2.45) is 4.99 Å². The molecule has 1 aliphatic rings. The summed E-state index contributed by atoms with van der Waals surface area (Å²) in [6, 6.07) is 15.7. The fraction of sp³-hybridized carbons (Fsp3) is 0.333. The fourth-order valence-electron chi connectivity index (χ4n) is 3.73. The molecule has 0 saturated heterocycles. The molecule has 4 rings (SSSR count). The number of nitrogens with zero attached hydrogens (tertiary/aromatic N) is 3. The summed E-state index contributed by atoms with van der Waals surface area (Å²) < 4.78 is 28.2. The van der Waals surface area contributed by atoms with E-state index in [4.69, 9.17) is 0 Å². The number of sulfonamides is 1. The summed E-state index contributed by atoms with van der Waals surface area (Å²) in [4.78, 5) is 19.0. The molecule has 174 valence electrons. The number of hydrogen-bond donors (Lipinski definition) is 1. The van der Waals surface area contributed by atoms with Crippen LogP contribution in [-0.4, -0.2) is 69.6 Å². The third-order valence-corrected chi connectivity index (χ3v) is 8.85. The summed E-state index contributed by atoms with van der Waals surface area (Å²) in [7, 11) is -0.365. The fourth-order valence-corrected chi connectivity index (χ4v) is 6.37. The molecule has 7 nitrogen and oxygen atoms in total. The molecule has 9 heteroatoms. The predicted molar refractivity (Wildman–Crippen MR) is 133 cm³/mol. The number of nitrogens with one attached hydrogen (secondary N) is 1. The summed E-state index contributed by atoms with van der Waals surface area (Å²) >= 11 is 1.41. The molecule has 0 bridgehead atoms. The lowest BCUT2D eigenvalue weighted by atomic mass is 10.1. The van der Waals surface area contributed by atoms with Gasteiger partial charge in [-0.3, -0.25) is 9.79 Å². The molecule has 3 aromatic rings. The Kier molecular flexibility index (Phi) is 7.11. The van der Waals surface area contributed by atoms with Crippen molar-refractivity contribution >= 4 is 43.2 Å². The maximum absolute atomic E-state index is 13.0.